The molecule has 2 aliphatic rings. The van der Waals surface area contributed by atoms with Crippen molar-refractivity contribution in [3.05, 3.63) is 81.4 Å². The number of non-ortho nitro benzene ring substituents is 1. The number of nitro benzene ring substituents is 1. The highest BCUT2D eigenvalue weighted by molar-refractivity contribution is 5.61. The monoisotopic (exact) mass is 306 g/mol. The van der Waals surface area contributed by atoms with Gasteiger partial charge < -0.3 is 5.32 Å². The van der Waals surface area contributed by atoms with Crippen LogP contribution >= 0.6 is 0 Å². The number of nitro groups is 1. The highest BCUT2D eigenvalue weighted by Gasteiger charge is 2.37. The second kappa shape index (κ2) is 5.23. The van der Waals surface area contributed by atoms with Gasteiger partial charge in [-0.15, -0.1) is 0 Å². The predicted octanol–water partition coefficient (Wildman–Crippen LogP) is 4.73. The number of fused-ring (bicyclic) bond motifs is 3. The fourth-order valence-electron chi connectivity index (χ4n) is 3.84. The molecular formula is C19H18N2O2. The Hall–Kier alpha value is -2.62. The highest BCUT2D eigenvalue weighted by atomic mass is 16.6. The summed E-state index contributed by atoms with van der Waals surface area (Å²) in [6.07, 6.45) is 5.59. The van der Waals surface area contributed by atoms with E-state index in [1.807, 2.05) is 12.1 Å². The molecule has 0 bridgehead atoms. The Morgan fingerprint density at radius 3 is 2.70 bits per heavy atom. The summed E-state index contributed by atoms with van der Waals surface area (Å²) >= 11 is 0. The molecule has 0 saturated heterocycles. The van der Waals surface area contributed by atoms with Crippen LogP contribution in [0.15, 0.2) is 54.6 Å². The first-order valence-electron chi connectivity index (χ1n) is 7.91. The number of aryl methyl sites for hydroxylation is 1. The van der Waals surface area contributed by atoms with E-state index >= 15 is 0 Å². The maximum atomic E-state index is 10.9. The standard InChI is InChI=1S/C19H18N2O2/c1-12-5-10-16-15-3-2-4-17(15)19(20-18(16)11-12)13-6-8-14(9-7-13)21(22)23/h2-3,5-11,15,17,19-20H,4H2,1H3/t15-,17+,19+/m0/s1. The second-order valence-corrected chi connectivity index (χ2v) is 6.41. The minimum Gasteiger partial charge on any atom is -0.378 e. The molecule has 2 aromatic rings. The molecule has 3 atom stereocenters. The van der Waals surface area contributed by atoms with Gasteiger partial charge in [0.15, 0.2) is 0 Å². The van der Waals surface area contributed by atoms with Gasteiger partial charge in [-0.05, 0) is 42.0 Å². The van der Waals surface area contributed by atoms with E-state index in [-0.39, 0.29) is 16.7 Å². The molecule has 4 nitrogen and oxygen atoms in total. The molecule has 0 radical (unpaired) electrons. The molecule has 23 heavy (non-hydrogen) atoms. The highest BCUT2D eigenvalue weighted by Crippen LogP contribution is 2.49. The fraction of sp³-hybridized carbons (Fsp3) is 0.263. The number of benzene rings is 2. The average molecular weight is 306 g/mol. The number of hydrogen-bond donors (Lipinski definition) is 1. The van der Waals surface area contributed by atoms with Gasteiger partial charge in [0.05, 0.1) is 11.0 Å². The number of allylic oxidation sites excluding steroid dienone is 2. The van der Waals surface area contributed by atoms with E-state index in [1.54, 1.807) is 12.1 Å². The molecule has 0 amide bonds. The van der Waals surface area contributed by atoms with Crippen LogP contribution in [0, 0.1) is 23.0 Å². The van der Waals surface area contributed by atoms with Crippen LogP contribution in [0.3, 0.4) is 0 Å². The number of nitrogens with one attached hydrogen (secondary N) is 1. The van der Waals surface area contributed by atoms with Crippen molar-refractivity contribution in [2.24, 2.45) is 5.92 Å². The Kier molecular flexibility index (Phi) is 3.18. The summed E-state index contributed by atoms with van der Waals surface area (Å²) in [4.78, 5) is 10.5. The molecule has 4 rings (SSSR count). The van der Waals surface area contributed by atoms with Crippen molar-refractivity contribution in [2.45, 2.75) is 25.3 Å². The van der Waals surface area contributed by atoms with Gasteiger partial charge in [-0.25, -0.2) is 0 Å². The third kappa shape index (κ3) is 2.31. The van der Waals surface area contributed by atoms with E-state index in [1.165, 1.54) is 16.8 Å². The molecule has 1 N–H and O–H groups in total. The summed E-state index contributed by atoms with van der Waals surface area (Å²) in [5.41, 5.74) is 5.02. The molecule has 4 heteroatoms. The lowest BCUT2D eigenvalue weighted by atomic mass is 9.77. The van der Waals surface area contributed by atoms with Crippen LogP contribution < -0.4 is 5.32 Å². The van der Waals surface area contributed by atoms with E-state index in [2.05, 4.69) is 42.6 Å². The Balaban J connectivity index is 1.73. The molecule has 116 valence electrons. The molecule has 0 aromatic heterocycles. The van der Waals surface area contributed by atoms with Crippen molar-refractivity contribution in [1.82, 2.24) is 0 Å². The number of hydrogen-bond acceptors (Lipinski definition) is 3. The largest absolute Gasteiger partial charge is 0.378 e. The molecule has 2 aromatic carbocycles. The van der Waals surface area contributed by atoms with Crippen molar-refractivity contribution in [3.63, 3.8) is 0 Å². The van der Waals surface area contributed by atoms with Crippen LogP contribution in [0.1, 0.15) is 35.1 Å². The lowest BCUT2D eigenvalue weighted by Crippen LogP contribution is -2.29. The van der Waals surface area contributed by atoms with Crippen LogP contribution in [0.4, 0.5) is 11.4 Å². The molecule has 1 aliphatic carbocycles. The maximum absolute atomic E-state index is 10.9. The summed E-state index contributed by atoms with van der Waals surface area (Å²) < 4.78 is 0. The van der Waals surface area contributed by atoms with Gasteiger partial charge in [-0.2, -0.15) is 0 Å². The number of anilines is 1. The van der Waals surface area contributed by atoms with Crippen molar-refractivity contribution in [2.75, 3.05) is 5.32 Å². The van der Waals surface area contributed by atoms with Crippen LogP contribution in [-0.4, -0.2) is 4.92 Å². The molecule has 1 heterocycles. The van der Waals surface area contributed by atoms with Crippen molar-refractivity contribution >= 4 is 11.4 Å². The Morgan fingerprint density at radius 2 is 1.96 bits per heavy atom. The molecular weight excluding hydrogens is 288 g/mol. The first kappa shape index (κ1) is 14.0. The normalized spacial score (nSPS) is 24.7. The van der Waals surface area contributed by atoms with E-state index in [4.69, 9.17) is 0 Å². The number of rotatable bonds is 2. The lowest BCUT2D eigenvalue weighted by molar-refractivity contribution is -0.384. The zero-order chi connectivity index (χ0) is 16.0. The van der Waals surface area contributed by atoms with Gasteiger partial charge >= 0.3 is 0 Å². The maximum Gasteiger partial charge on any atom is 0.269 e. The number of nitrogens with zero attached hydrogens (tertiary/aromatic N) is 1. The van der Waals surface area contributed by atoms with Crippen molar-refractivity contribution in [3.8, 4) is 0 Å². The first-order valence-corrected chi connectivity index (χ1v) is 7.91. The van der Waals surface area contributed by atoms with Crippen LogP contribution in [0.2, 0.25) is 0 Å². The quantitative estimate of drug-likeness (QED) is 0.496. The second-order valence-electron chi connectivity index (χ2n) is 6.41. The average Bonchev–Trinajstić information content (AvgIpc) is 3.03. The molecule has 0 fully saturated rings. The zero-order valence-corrected chi connectivity index (χ0v) is 12.9. The van der Waals surface area contributed by atoms with Crippen molar-refractivity contribution in [1.29, 1.82) is 0 Å². The third-order valence-electron chi connectivity index (χ3n) is 4.98. The lowest BCUT2D eigenvalue weighted by Gasteiger charge is -2.37. The van der Waals surface area contributed by atoms with Gasteiger partial charge in [-0.1, -0.05) is 36.4 Å². The first-order chi connectivity index (χ1) is 11.1. The fourth-order valence-corrected chi connectivity index (χ4v) is 3.84. The Bertz CT molecular complexity index is 796. The van der Waals surface area contributed by atoms with Gasteiger partial charge in [0, 0.05) is 23.7 Å². The molecule has 0 unspecified atom stereocenters. The minimum absolute atomic E-state index is 0.141. The zero-order valence-electron chi connectivity index (χ0n) is 12.9. The Labute approximate surface area is 135 Å². The summed E-state index contributed by atoms with van der Waals surface area (Å²) in [5, 5.41) is 14.5. The van der Waals surface area contributed by atoms with Gasteiger partial charge in [0.1, 0.15) is 0 Å². The Morgan fingerprint density at radius 1 is 1.17 bits per heavy atom. The van der Waals surface area contributed by atoms with Crippen LogP contribution in [0.25, 0.3) is 0 Å². The van der Waals surface area contributed by atoms with Crippen molar-refractivity contribution < 1.29 is 4.92 Å². The third-order valence-corrected chi connectivity index (χ3v) is 4.98. The van der Waals surface area contributed by atoms with Gasteiger partial charge in [0.2, 0.25) is 0 Å². The predicted molar refractivity (Wildman–Crippen MR) is 90.6 cm³/mol. The summed E-state index contributed by atoms with van der Waals surface area (Å²) in [6.45, 7) is 2.10. The summed E-state index contributed by atoms with van der Waals surface area (Å²) in [7, 11) is 0. The topological polar surface area (TPSA) is 55.2 Å². The summed E-state index contributed by atoms with van der Waals surface area (Å²) in [6, 6.07) is 13.7. The van der Waals surface area contributed by atoms with Gasteiger partial charge in [-0.3, -0.25) is 10.1 Å². The SMILES string of the molecule is Cc1ccc2c(c1)N[C@H](c1ccc([N+](=O)[O-])cc1)[C@@H]1CC=C[C@@H]21. The van der Waals surface area contributed by atoms with E-state index < -0.39 is 0 Å². The van der Waals surface area contributed by atoms with E-state index in [9.17, 15) is 10.1 Å². The van der Waals surface area contributed by atoms with E-state index in [0.29, 0.717) is 11.8 Å². The van der Waals surface area contributed by atoms with Gasteiger partial charge in [0.25, 0.3) is 5.69 Å². The molecule has 1 aliphatic heterocycles. The smallest absolute Gasteiger partial charge is 0.269 e. The molecule has 0 saturated carbocycles. The van der Waals surface area contributed by atoms with Crippen LogP contribution in [-0.2, 0) is 0 Å². The minimum atomic E-state index is -0.351. The summed E-state index contributed by atoms with van der Waals surface area (Å²) in [5.74, 6) is 0.888. The molecule has 0 spiro atoms. The van der Waals surface area contributed by atoms with E-state index in [0.717, 1.165) is 12.0 Å². The van der Waals surface area contributed by atoms with Crippen LogP contribution in [0.5, 0.6) is 0 Å².